The fourth-order valence-corrected chi connectivity index (χ4v) is 3.41. The van der Waals surface area contributed by atoms with Gasteiger partial charge in [-0.2, -0.15) is 5.10 Å². The van der Waals surface area contributed by atoms with Gasteiger partial charge in [0.15, 0.2) is 17.3 Å². The molecule has 2 aromatic rings. The lowest BCUT2D eigenvalue weighted by atomic mass is 10.2. The molecule has 0 saturated heterocycles. The number of benzene rings is 1. The quantitative estimate of drug-likeness (QED) is 0.679. The van der Waals surface area contributed by atoms with Crippen LogP contribution >= 0.6 is 0 Å². The van der Waals surface area contributed by atoms with E-state index in [-0.39, 0.29) is 24.1 Å². The normalized spacial score (nSPS) is 12.7. The van der Waals surface area contributed by atoms with Crippen molar-refractivity contribution in [1.29, 1.82) is 0 Å². The topological polar surface area (TPSA) is 76.5 Å². The van der Waals surface area contributed by atoms with Gasteiger partial charge in [0.2, 0.25) is 5.91 Å². The number of aromatic nitrogens is 2. The van der Waals surface area contributed by atoms with Crippen molar-refractivity contribution in [2.75, 3.05) is 33.9 Å². The molecule has 156 valence electrons. The SMILES string of the molecule is COCCCNC(=O)CN(C)C(=O)c1nn(-c2ccc(F)c(F)c2)c2c1CCC2. The fraction of sp³-hybridized carbons (Fsp3) is 0.450. The smallest absolute Gasteiger partial charge is 0.274 e. The van der Waals surface area contributed by atoms with Crippen molar-refractivity contribution in [3.05, 3.63) is 46.8 Å². The van der Waals surface area contributed by atoms with Crippen LogP contribution in [-0.2, 0) is 22.4 Å². The van der Waals surface area contributed by atoms with Gasteiger partial charge in [0.1, 0.15) is 0 Å². The molecule has 0 unspecified atom stereocenters. The number of nitrogens with one attached hydrogen (secondary N) is 1. The Morgan fingerprint density at radius 2 is 2.07 bits per heavy atom. The van der Waals surface area contributed by atoms with E-state index in [0.29, 0.717) is 38.1 Å². The molecule has 1 heterocycles. The van der Waals surface area contributed by atoms with Crippen molar-refractivity contribution >= 4 is 11.8 Å². The second kappa shape index (κ2) is 9.13. The third kappa shape index (κ3) is 4.61. The van der Waals surface area contributed by atoms with Crippen LogP contribution in [0.15, 0.2) is 18.2 Å². The molecule has 0 aliphatic heterocycles. The number of halogens is 2. The third-order valence-electron chi connectivity index (χ3n) is 4.86. The lowest BCUT2D eigenvalue weighted by Crippen LogP contribution is -2.39. The van der Waals surface area contributed by atoms with Gasteiger partial charge >= 0.3 is 0 Å². The van der Waals surface area contributed by atoms with E-state index in [1.54, 1.807) is 7.11 Å². The molecule has 0 fully saturated rings. The summed E-state index contributed by atoms with van der Waals surface area (Å²) in [5, 5.41) is 7.11. The Morgan fingerprint density at radius 1 is 1.28 bits per heavy atom. The standard InChI is InChI=1S/C20H24F2N4O3/c1-25(12-18(27)23-9-4-10-29-2)20(28)19-14-5-3-6-17(14)26(24-19)13-7-8-15(21)16(22)11-13/h7-8,11H,3-6,9-10,12H2,1-2H3,(H,23,27). The van der Waals surface area contributed by atoms with Gasteiger partial charge in [-0.05, 0) is 37.8 Å². The molecule has 0 radical (unpaired) electrons. The maximum absolute atomic E-state index is 13.7. The Labute approximate surface area is 167 Å². The number of likely N-dealkylation sites (N-methyl/N-ethyl adjacent to an activating group) is 1. The lowest BCUT2D eigenvalue weighted by molar-refractivity contribution is -0.121. The van der Waals surface area contributed by atoms with E-state index in [1.807, 2.05) is 0 Å². The van der Waals surface area contributed by atoms with E-state index in [9.17, 15) is 18.4 Å². The monoisotopic (exact) mass is 406 g/mol. The van der Waals surface area contributed by atoms with Crippen LogP contribution in [0.5, 0.6) is 0 Å². The summed E-state index contributed by atoms with van der Waals surface area (Å²) >= 11 is 0. The molecule has 3 rings (SSSR count). The molecule has 1 N–H and O–H groups in total. The van der Waals surface area contributed by atoms with Gasteiger partial charge in [-0.15, -0.1) is 0 Å². The molecule has 0 saturated carbocycles. The predicted octanol–water partition coefficient (Wildman–Crippen LogP) is 1.86. The summed E-state index contributed by atoms with van der Waals surface area (Å²) in [6, 6.07) is 3.52. The van der Waals surface area contributed by atoms with Crippen LogP contribution in [0.3, 0.4) is 0 Å². The second-order valence-corrected chi connectivity index (χ2v) is 7.00. The van der Waals surface area contributed by atoms with Crippen LogP contribution in [0, 0.1) is 11.6 Å². The van der Waals surface area contributed by atoms with Gasteiger partial charge in [-0.25, -0.2) is 13.5 Å². The molecule has 1 aliphatic rings. The summed E-state index contributed by atoms with van der Waals surface area (Å²) in [6.07, 6.45) is 2.91. The maximum Gasteiger partial charge on any atom is 0.274 e. The first-order valence-electron chi connectivity index (χ1n) is 9.49. The number of nitrogens with zero attached hydrogens (tertiary/aromatic N) is 3. The average Bonchev–Trinajstić information content (AvgIpc) is 3.29. The van der Waals surface area contributed by atoms with Gasteiger partial charge in [0, 0.05) is 44.6 Å². The molecule has 9 heteroatoms. The van der Waals surface area contributed by atoms with Crippen LogP contribution in [0.1, 0.15) is 34.6 Å². The van der Waals surface area contributed by atoms with E-state index >= 15 is 0 Å². The van der Waals surface area contributed by atoms with Crippen LogP contribution in [0.25, 0.3) is 5.69 Å². The van der Waals surface area contributed by atoms with Crippen LogP contribution in [0.2, 0.25) is 0 Å². The number of hydrogen-bond donors (Lipinski definition) is 1. The van der Waals surface area contributed by atoms with E-state index in [1.165, 1.54) is 22.7 Å². The lowest BCUT2D eigenvalue weighted by Gasteiger charge is -2.16. The Hall–Kier alpha value is -2.81. The number of carbonyl (C=O) groups is 2. The van der Waals surface area contributed by atoms with Gasteiger partial charge in [-0.3, -0.25) is 9.59 Å². The first kappa shape index (κ1) is 20.9. The highest BCUT2D eigenvalue weighted by atomic mass is 19.2. The summed E-state index contributed by atoms with van der Waals surface area (Å²) in [6.45, 7) is 0.913. The highest BCUT2D eigenvalue weighted by molar-refractivity contribution is 5.96. The summed E-state index contributed by atoms with van der Waals surface area (Å²) < 4.78 is 33.4. The molecule has 2 amide bonds. The molecule has 0 bridgehead atoms. The Morgan fingerprint density at radius 3 is 2.79 bits per heavy atom. The van der Waals surface area contributed by atoms with Crippen LogP contribution < -0.4 is 5.32 Å². The number of ether oxygens (including phenoxy) is 1. The molecule has 1 aromatic heterocycles. The fourth-order valence-electron chi connectivity index (χ4n) is 3.41. The number of hydrogen-bond acceptors (Lipinski definition) is 4. The van der Waals surface area contributed by atoms with E-state index in [0.717, 1.165) is 29.8 Å². The maximum atomic E-state index is 13.7. The van der Waals surface area contributed by atoms with E-state index in [4.69, 9.17) is 4.74 Å². The molecule has 1 aromatic carbocycles. The van der Waals surface area contributed by atoms with Gasteiger partial charge in [0.25, 0.3) is 5.91 Å². The van der Waals surface area contributed by atoms with Crippen LogP contribution in [-0.4, -0.2) is 60.3 Å². The van der Waals surface area contributed by atoms with E-state index < -0.39 is 11.6 Å². The minimum Gasteiger partial charge on any atom is -0.385 e. The summed E-state index contributed by atoms with van der Waals surface area (Å²) in [5.41, 5.74) is 2.22. The summed E-state index contributed by atoms with van der Waals surface area (Å²) in [4.78, 5) is 26.2. The molecule has 7 nitrogen and oxygen atoms in total. The highest BCUT2D eigenvalue weighted by Gasteiger charge is 2.29. The van der Waals surface area contributed by atoms with Gasteiger partial charge in [-0.1, -0.05) is 0 Å². The zero-order valence-corrected chi connectivity index (χ0v) is 16.5. The number of fused-ring (bicyclic) bond motifs is 1. The number of methoxy groups -OCH3 is 1. The molecule has 0 atom stereocenters. The first-order chi connectivity index (χ1) is 13.9. The van der Waals surface area contributed by atoms with Crippen LogP contribution in [0.4, 0.5) is 8.78 Å². The van der Waals surface area contributed by atoms with Crippen molar-refractivity contribution in [2.24, 2.45) is 0 Å². The minimum atomic E-state index is -0.972. The third-order valence-corrected chi connectivity index (χ3v) is 4.86. The summed E-state index contributed by atoms with van der Waals surface area (Å²) in [7, 11) is 3.13. The van der Waals surface area contributed by atoms with Crippen molar-refractivity contribution in [3.8, 4) is 5.69 Å². The van der Waals surface area contributed by atoms with E-state index in [2.05, 4.69) is 10.4 Å². The number of carbonyl (C=O) groups excluding carboxylic acids is 2. The first-order valence-corrected chi connectivity index (χ1v) is 9.49. The molecular formula is C20H24F2N4O3. The van der Waals surface area contributed by atoms with Gasteiger partial charge in [0.05, 0.1) is 12.2 Å². The largest absolute Gasteiger partial charge is 0.385 e. The Kier molecular flexibility index (Phi) is 6.58. The number of rotatable bonds is 8. The Balaban J connectivity index is 1.76. The highest BCUT2D eigenvalue weighted by Crippen LogP contribution is 2.28. The zero-order valence-electron chi connectivity index (χ0n) is 16.5. The number of amides is 2. The Bertz CT molecular complexity index is 913. The molecule has 0 spiro atoms. The van der Waals surface area contributed by atoms with Gasteiger partial charge < -0.3 is 15.0 Å². The predicted molar refractivity (Wildman–Crippen MR) is 102 cm³/mol. The molecular weight excluding hydrogens is 382 g/mol. The van der Waals surface area contributed by atoms with Crippen molar-refractivity contribution in [3.63, 3.8) is 0 Å². The van der Waals surface area contributed by atoms with Crippen molar-refractivity contribution in [1.82, 2.24) is 20.0 Å². The van der Waals surface area contributed by atoms with Crippen molar-refractivity contribution in [2.45, 2.75) is 25.7 Å². The minimum absolute atomic E-state index is 0.0986. The second-order valence-electron chi connectivity index (χ2n) is 7.00. The van der Waals surface area contributed by atoms with Crippen molar-refractivity contribution < 1.29 is 23.1 Å². The molecule has 1 aliphatic carbocycles. The summed E-state index contributed by atoms with van der Waals surface area (Å²) in [5.74, 6) is -2.56. The molecule has 29 heavy (non-hydrogen) atoms. The zero-order chi connectivity index (χ0) is 21.0. The average molecular weight is 406 g/mol.